The highest BCUT2D eigenvalue weighted by molar-refractivity contribution is 4.93. The summed E-state index contributed by atoms with van der Waals surface area (Å²) in [4.78, 5) is 2.44. The van der Waals surface area contributed by atoms with E-state index in [1.54, 1.807) is 0 Å². The molecule has 0 aromatic rings. The van der Waals surface area contributed by atoms with Gasteiger partial charge in [0.2, 0.25) is 0 Å². The van der Waals surface area contributed by atoms with Crippen LogP contribution in [0.5, 0.6) is 0 Å². The lowest BCUT2D eigenvalue weighted by molar-refractivity contribution is 0.299. The van der Waals surface area contributed by atoms with E-state index in [2.05, 4.69) is 44.5 Å². The molecule has 2 heteroatoms. The maximum absolute atomic E-state index is 3.99. The molecule has 0 fully saturated rings. The molecule has 0 saturated carbocycles. The van der Waals surface area contributed by atoms with Crippen LogP contribution in [0, 0.1) is 5.92 Å². The third-order valence-corrected chi connectivity index (χ3v) is 2.59. The zero-order valence-corrected chi connectivity index (χ0v) is 12.3. The maximum Gasteiger partial charge on any atom is 0.0156 e. The molecule has 0 unspecified atom stereocenters. The van der Waals surface area contributed by atoms with Crippen LogP contribution in [0.1, 0.15) is 48.0 Å². The number of nitrogens with one attached hydrogen (secondary N) is 1. The minimum absolute atomic E-state index is 0.545. The summed E-state index contributed by atoms with van der Waals surface area (Å²) in [5.74, 6) is 0.545. The summed E-state index contributed by atoms with van der Waals surface area (Å²) in [6.07, 6.45) is 1.20. The first kappa shape index (κ1) is 17.9. The lowest BCUT2D eigenvalue weighted by Crippen LogP contribution is -2.27. The zero-order valence-electron chi connectivity index (χ0n) is 12.3. The molecule has 98 valence electrons. The molecule has 0 amide bonds. The quantitative estimate of drug-likeness (QED) is 0.640. The Labute approximate surface area is 103 Å². The van der Waals surface area contributed by atoms with Crippen molar-refractivity contribution in [3.05, 3.63) is 12.3 Å². The Hall–Kier alpha value is -0.500. The van der Waals surface area contributed by atoms with Crippen LogP contribution in [0.15, 0.2) is 12.3 Å². The second kappa shape index (κ2) is 12.6. The summed E-state index contributed by atoms with van der Waals surface area (Å²) < 4.78 is 0. The monoisotopic (exact) mass is 228 g/mol. The van der Waals surface area contributed by atoms with Gasteiger partial charge >= 0.3 is 0 Å². The topological polar surface area (TPSA) is 15.3 Å². The summed E-state index contributed by atoms with van der Waals surface area (Å²) >= 11 is 0. The third-order valence-electron chi connectivity index (χ3n) is 2.59. The number of rotatable bonds is 8. The standard InChI is InChI=1S/C12H26N2.C2H6/c1-6-14(7-2)10-8-9-13-12(5)11(3)4;1-2/h11,13H,5-10H2,1-4H3;1-2H3. The van der Waals surface area contributed by atoms with Crippen LogP contribution in [0.2, 0.25) is 0 Å². The molecular weight excluding hydrogens is 196 g/mol. The molecule has 0 saturated heterocycles. The van der Waals surface area contributed by atoms with Gasteiger partial charge in [-0.05, 0) is 32.0 Å². The SMILES string of the molecule is C=C(NCCCN(CC)CC)C(C)C.CC. The largest absolute Gasteiger partial charge is 0.389 e. The van der Waals surface area contributed by atoms with Crippen LogP contribution >= 0.6 is 0 Å². The minimum atomic E-state index is 0.545. The molecule has 0 aliphatic carbocycles. The predicted molar refractivity (Wildman–Crippen MR) is 75.7 cm³/mol. The fraction of sp³-hybridized carbons (Fsp3) is 0.857. The molecule has 0 aliphatic rings. The second-order valence-electron chi connectivity index (χ2n) is 3.99. The van der Waals surface area contributed by atoms with E-state index < -0.39 is 0 Å². The van der Waals surface area contributed by atoms with Gasteiger partial charge in [-0.3, -0.25) is 0 Å². The fourth-order valence-electron chi connectivity index (χ4n) is 1.30. The Balaban J connectivity index is 0. The molecule has 0 atom stereocenters. The molecule has 0 aliphatic heterocycles. The summed E-state index contributed by atoms with van der Waals surface area (Å²) in [5.41, 5.74) is 1.16. The van der Waals surface area contributed by atoms with Crippen molar-refractivity contribution in [2.75, 3.05) is 26.2 Å². The fourth-order valence-corrected chi connectivity index (χ4v) is 1.30. The zero-order chi connectivity index (χ0) is 13.0. The maximum atomic E-state index is 3.99. The average Bonchev–Trinajstić information content (AvgIpc) is 2.31. The molecule has 0 spiro atoms. The van der Waals surface area contributed by atoms with Crippen molar-refractivity contribution in [3.63, 3.8) is 0 Å². The molecule has 2 nitrogen and oxygen atoms in total. The van der Waals surface area contributed by atoms with Gasteiger partial charge in [0.25, 0.3) is 0 Å². The third kappa shape index (κ3) is 10.0. The van der Waals surface area contributed by atoms with E-state index in [4.69, 9.17) is 0 Å². The van der Waals surface area contributed by atoms with Gasteiger partial charge in [0, 0.05) is 12.2 Å². The molecule has 0 heterocycles. The Bertz CT molecular complexity index is 149. The first-order valence-corrected chi connectivity index (χ1v) is 6.76. The van der Waals surface area contributed by atoms with E-state index in [1.165, 1.54) is 13.0 Å². The minimum Gasteiger partial charge on any atom is -0.389 e. The van der Waals surface area contributed by atoms with Crippen LogP contribution in [-0.2, 0) is 0 Å². The number of hydrogen-bond donors (Lipinski definition) is 1. The van der Waals surface area contributed by atoms with Gasteiger partial charge in [0.15, 0.2) is 0 Å². The van der Waals surface area contributed by atoms with Gasteiger partial charge in [0.1, 0.15) is 0 Å². The molecule has 0 aromatic heterocycles. The molecular formula is C14H32N2. The van der Waals surface area contributed by atoms with Crippen LogP contribution in [0.3, 0.4) is 0 Å². The molecule has 0 radical (unpaired) electrons. The van der Waals surface area contributed by atoms with Gasteiger partial charge in [-0.15, -0.1) is 0 Å². The number of allylic oxidation sites excluding steroid dienone is 1. The van der Waals surface area contributed by atoms with E-state index in [1.807, 2.05) is 13.8 Å². The molecule has 0 rings (SSSR count). The first-order chi connectivity index (χ1) is 7.61. The lowest BCUT2D eigenvalue weighted by atomic mass is 10.1. The Morgan fingerprint density at radius 1 is 1.19 bits per heavy atom. The highest BCUT2D eigenvalue weighted by Crippen LogP contribution is 2.01. The van der Waals surface area contributed by atoms with Gasteiger partial charge in [-0.2, -0.15) is 0 Å². The van der Waals surface area contributed by atoms with Crippen LogP contribution in [-0.4, -0.2) is 31.1 Å². The van der Waals surface area contributed by atoms with Crippen molar-refractivity contribution >= 4 is 0 Å². The molecule has 16 heavy (non-hydrogen) atoms. The van der Waals surface area contributed by atoms with Crippen LogP contribution in [0.25, 0.3) is 0 Å². The highest BCUT2D eigenvalue weighted by atomic mass is 15.1. The highest BCUT2D eigenvalue weighted by Gasteiger charge is 2.00. The van der Waals surface area contributed by atoms with Crippen molar-refractivity contribution in [1.29, 1.82) is 0 Å². The summed E-state index contributed by atoms with van der Waals surface area (Å²) in [6, 6.07) is 0. The van der Waals surface area contributed by atoms with Gasteiger partial charge < -0.3 is 10.2 Å². The van der Waals surface area contributed by atoms with E-state index in [9.17, 15) is 0 Å². The first-order valence-electron chi connectivity index (χ1n) is 6.76. The Kier molecular flexibility index (Phi) is 14.0. The second-order valence-corrected chi connectivity index (χ2v) is 3.99. The van der Waals surface area contributed by atoms with Crippen LogP contribution < -0.4 is 5.32 Å². The van der Waals surface area contributed by atoms with Crippen molar-refractivity contribution in [1.82, 2.24) is 10.2 Å². The number of nitrogens with zero attached hydrogens (tertiary/aromatic N) is 1. The predicted octanol–water partition coefficient (Wildman–Crippen LogP) is 3.50. The summed E-state index contributed by atoms with van der Waals surface area (Å²) in [6.45, 7) is 21.3. The molecule has 0 aromatic carbocycles. The average molecular weight is 228 g/mol. The van der Waals surface area contributed by atoms with Crippen molar-refractivity contribution < 1.29 is 0 Å². The Morgan fingerprint density at radius 3 is 2.06 bits per heavy atom. The van der Waals surface area contributed by atoms with Crippen molar-refractivity contribution in [3.8, 4) is 0 Å². The molecule has 1 N–H and O–H groups in total. The van der Waals surface area contributed by atoms with Gasteiger partial charge in [-0.1, -0.05) is 48.1 Å². The summed E-state index contributed by atoms with van der Waals surface area (Å²) in [5, 5.41) is 3.36. The number of hydrogen-bond acceptors (Lipinski definition) is 2. The normalized spacial score (nSPS) is 10.0. The summed E-state index contributed by atoms with van der Waals surface area (Å²) in [7, 11) is 0. The van der Waals surface area contributed by atoms with Crippen molar-refractivity contribution in [2.24, 2.45) is 5.92 Å². The van der Waals surface area contributed by atoms with E-state index >= 15 is 0 Å². The van der Waals surface area contributed by atoms with E-state index in [-0.39, 0.29) is 0 Å². The van der Waals surface area contributed by atoms with Gasteiger partial charge in [0.05, 0.1) is 0 Å². The van der Waals surface area contributed by atoms with E-state index in [0.29, 0.717) is 5.92 Å². The molecule has 0 bridgehead atoms. The van der Waals surface area contributed by atoms with Gasteiger partial charge in [-0.25, -0.2) is 0 Å². The van der Waals surface area contributed by atoms with Crippen LogP contribution in [0.4, 0.5) is 0 Å². The Morgan fingerprint density at radius 2 is 1.69 bits per heavy atom. The van der Waals surface area contributed by atoms with Crippen molar-refractivity contribution in [2.45, 2.75) is 48.0 Å². The smallest absolute Gasteiger partial charge is 0.0156 e. The van der Waals surface area contributed by atoms with E-state index in [0.717, 1.165) is 25.3 Å². The lowest BCUT2D eigenvalue weighted by Gasteiger charge is -2.19.